The van der Waals surface area contributed by atoms with Crippen molar-refractivity contribution in [2.75, 3.05) is 17.8 Å². The fourth-order valence-corrected chi connectivity index (χ4v) is 17.3. The molecule has 0 atom stereocenters. The number of hydrazone groups is 1. The van der Waals surface area contributed by atoms with Gasteiger partial charge in [0.1, 0.15) is 40.9 Å². The van der Waals surface area contributed by atoms with Gasteiger partial charge in [-0.25, -0.2) is 9.59 Å². The number of aromatic nitrogens is 10. The summed E-state index contributed by atoms with van der Waals surface area (Å²) in [6, 6.07) is 73.6. The number of anilines is 2. The van der Waals surface area contributed by atoms with Crippen molar-refractivity contribution in [3.63, 3.8) is 0 Å². The second-order valence-corrected chi connectivity index (χ2v) is 37.4. The van der Waals surface area contributed by atoms with Crippen LogP contribution in [0.2, 0.25) is 50.2 Å². The first-order chi connectivity index (χ1) is 71.6. The number of carbonyl (C=O) groups is 2. The van der Waals surface area contributed by atoms with Gasteiger partial charge in [-0.2, -0.15) is 20.3 Å². The molecule has 0 aliphatic rings. The summed E-state index contributed by atoms with van der Waals surface area (Å²) in [5.74, 6) is 2.22. The zero-order valence-corrected chi connectivity index (χ0v) is 88.5. The Bertz CT molecular complexity index is 8350. The van der Waals surface area contributed by atoms with Crippen molar-refractivity contribution in [1.29, 1.82) is 10.5 Å². The summed E-state index contributed by atoms with van der Waals surface area (Å²) < 4.78 is 44.8. The van der Waals surface area contributed by atoms with Crippen molar-refractivity contribution < 1.29 is 38.0 Å². The third-order valence-electron chi connectivity index (χ3n) is 21.9. The minimum absolute atomic E-state index is 0.0391. The van der Waals surface area contributed by atoms with E-state index in [-0.39, 0.29) is 77.4 Å². The number of amides is 2. The van der Waals surface area contributed by atoms with Crippen molar-refractivity contribution in [2.45, 2.75) is 88.5 Å². The molecule has 0 aliphatic carbocycles. The van der Waals surface area contributed by atoms with Crippen LogP contribution in [0.15, 0.2) is 312 Å². The Morgan fingerprint density at radius 2 is 0.693 bits per heavy atom. The van der Waals surface area contributed by atoms with Crippen LogP contribution in [-0.4, -0.2) is 71.5 Å². The molecule has 8 aromatic heterocycles. The highest BCUT2D eigenvalue weighted by molar-refractivity contribution is 6.47. The van der Waals surface area contributed by atoms with E-state index in [1.165, 1.54) is 99.4 Å². The standard InChI is InChI=1S/C25H21Cl2N5O5.C25H22Cl2N2O2.C23H15Cl2N5O4.C19H16Cl2N2O2.C17H14Cl2N2O2/c1-3-36-25(35)29-24(34)21(12-28)31-30-17-10-19(26)23(20(27)11-17)37-18-8-9-22(33)32(14-18)13-16-6-4-15(2)5-7-16;1-16-4-8-19(9-5-16)14-28-15-21(10-11-24(28)30)31-25-22(26)12-20(13-23(25)27)29-17(2)6-7-18(29)3;1-13-2-4-14(5-3-13)11-29-12-16(6-7-20(29)31)34-21-17(24)8-15(9-18(21)25)30-23(33)27-22(32)19(10-26)28-30;1-12-2-4-13(5-3-12)10-23-11-15(6-7-18(23)24)25-19-16(20)8-14(22)9-17(19)21;1-10-3-4-11(2)21(10)12-7-14(18)17(15(19)8-12)23-13-5-6-16(22)20-9-13/h4-11,14,30H,3,13H2,1-2H3,(H,29,34,35);4-13,15H,14H2,1-3H3;2-9,12H,11H2,1H3,(H,27,32,33);2-9,11H,10,22H2,1H3;3-9H,1-2H3,(H,20,22). The highest BCUT2D eigenvalue weighted by Gasteiger charge is 2.23. The van der Waals surface area contributed by atoms with E-state index >= 15 is 0 Å². The highest BCUT2D eigenvalue weighted by atomic mass is 35.5. The number of aromatic amines is 2. The van der Waals surface area contributed by atoms with Crippen molar-refractivity contribution in [2.24, 2.45) is 5.10 Å². The Balaban J connectivity index is 0.000000158. The van der Waals surface area contributed by atoms with E-state index in [0.717, 1.165) is 72.2 Å². The molecule has 9 aromatic carbocycles. The number of nitrogens with zero attached hydrogens (tertiary/aromatic N) is 11. The summed E-state index contributed by atoms with van der Waals surface area (Å²) in [5, 5.41) is 29.9. The molecular weight excluding hydrogens is 2130 g/mol. The van der Waals surface area contributed by atoms with Crippen LogP contribution < -0.4 is 79.2 Å². The number of pyridine rings is 5. The maximum Gasteiger partial charge on any atom is 0.414 e. The maximum absolute atomic E-state index is 12.3. The fraction of sp³-hybridized carbons (Fsp3) is 0.128. The fourth-order valence-electron chi connectivity index (χ4n) is 14.5. The molecule has 2 amide bonds. The van der Waals surface area contributed by atoms with Crippen LogP contribution in [0, 0.1) is 78.1 Å². The van der Waals surface area contributed by atoms with Crippen LogP contribution in [0.3, 0.4) is 0 Å². The van der Waals surface area contributed by atoms with Crippen LogP contribution >= 0.6 is 116 Å². The number of nitriles is 2. The van der Waals surface area contributed by atoms with E-state index in [4.69, 9.17) is 156 Å². The largest absolute Gasteiger partial charge is 0.453 e. The zero-order valence-electron chi connectivity index (χ0n) is 80.9. The number of hydrogen-bond acceptors (Lipinski definition) is 21. The van der Waals surface area contributed by atoms with Gasteiger partial charge in [0, 0.05) is 76.4 Å². The number of H-pyrrole nitrogens is 2. The summed E-state index contributed by atoms with van der Waals surface area (Å²) >= 11 is 63.4. The van der Waals surface area contributed by atoms with Gasteiger partial charge in [0.25, 0.3) is 33.7 Å². The molecular formula is C109H88Cl10N16O15. The van der Waals surface area contributed by atoms with Crippen molar-refractivity contribution >= 4 is 145 Å². The van der Waals surface area contributed by atoms with Gasteiger partial charge >= 0.3 is 11.8 Å². The van der Waals surface area contributed by atoms with E-state index in [9.17, 15) is 43.2 Å². The number of nitrogens with two attached hydrogens (primary N) is 1. The minimum atomic E-state index is -1.05. The summed E-state index contributed by atoms with van der Waals surface area (Å²) in [7, 11) is 0. The lowest BCUT2D eigenvalue weighted by Crippen LogP contribution is -2.36. The maximum atomic E-state index is 12.3. The van der Waals surface area contributed by atoms with Crippen molar-refractivity contribution in [1.82, 2.24) is 52.5 Å². The number of hydrogen-bond donors (Lipinski definition) is 5. The second-order valence-electron chi connectivity index (χ2n) is 33.4. The van der Waals surface area contributed by atoms with Gasteiger partial charge in [0.2, 0.25) is 17.0 Å². The lowest BCUT2D eigenvalue weighted by molar-refractivity contribution is -0.114. The molecule has 0 unspecified atom stereocenters. The van der Waals surface area contributed by atoms with Gasteiger partial charge in [-0.05, 0) is 200 Å². The monoisotopic (exact) mass is 2210 g/mol. The summed E-state index contributed by atoms with van der Waals surface area (Å²) in [5.41, 5.74) is 19.8. The molecule has 31 nitrogen and oxygen atoms in total. The Morgan fingerprint density at radius 3 is 0.993 bits per heavy atom. The van der Waals surface area contributed by atoms with Crippen LogP contribution in [0.1, 0.15) is 79.9 Å². The minimum Gasteiger partial charge on any atom is -0.453 e. The van der Waals surface area contributed by atoms with E-state index in [2.05, 4.69) is 34.5 Å². The first kappa shape index (κ1) is 111. The Hall–Kier alpha value is -16.0. The molecule has 0 bridgehead atoms. The van der Waals surface area contributed by atoms with Gasteiger partial charge in [-0.1, -0.05) is 235 Å². The lowest BCUT2D eigenvalue weighted by atomic mass is 10.1. The predicted octanol–water partition coefficient (Wildman–Crippen LogP) is 24.8. The molecule has 0 fully saturated rings. The van der Waals surface area contributed by atoms with E-state index in [1.54, 1.807) is 89.3 Å². The van der Waals surface area contributed by atoms with Crippen molar-refractivity contribution in [3.05, 3.63) is 469 Å². The topological polar surface area (TPSA) is 398 Å². The van der Waals surface area contributed by atoms with E-state index in [0.29, 0.717) is 108 Å². The molecule has 0 saturated heterocycles. The number of nitrogen functional groups attached to an aromatic ring is 1. The van der Waals surface area contributed by atoms with E-state index in [1.807, 2.05) is 199 Å². The molecule has 6 N–H and O–H groups in total. The van der Waals surface area contributed by atoms with Gasteiger partial charge < -0.3 is 66.5 Å². The van der Waals surface area contributed by atoms with E-state index < -0.39 is 34.7 Å². The Kier molecular flexibility index (Phi) is 37.9. The first-order valence-electron chi connectivity index (χ1n) is 45.1. The number of rotatable bonds is 25. The summed E-state index contributed by atoms with van der Waals surface area (Å²) in [6.45, 7) is 19.3. The Morgan fingerprint density at radius 1 is 0.393 bits per heavy atom. The van der Waals surface area contributed by atoms with Crippen LogP contribution in [0.4, 0.5) is 16.2 Å². The number of ether oxygens (including phenoxy) is 6. The van der Waals surface area contributed by atoms with Gasteiger partial charge in [0.15, 0.2) is 28.7 Å². The van der Waals surface area contributed by atoms with Gasteiger partial charge in [-0.3, -0.25) is 49.3 Å². The summed E-state index contributed by atoms with van der Waals surface area (Å²) in [4.78, 5) is 112. The number of aryl methyl sites for hydroxylation is 8. The molecule has 17 aromatic rings. The van der Waals surface area contributed by atoms with Crippen LogP contribution in [0.25, 0.3) is 17.1 Å². The Labute approximate surface area is 906 Å². The predicted molar refractivity (Wildman–Crippen MR) is 586 cm³/mol. The SMILES string of the molecule is CCOC(=O)NC(=O)C(C#N)=NNc1cc(Cl)c(Oc2ccc(=O)n(Cc3ccc(C)cc3)c2)c(Cl)c1.Cc1ccc(C)n1-c1cc(Cl)c(Oc2ccc(=O)[nH]c2)c(Cl)c1.Cc1ccc(Cn2cc(Oc3c(Cl)cc(-n4c(C)ccc4C)cc3Cl)ccc2=O)cc1.Cc1ccc(Cn2cc(Oc3c(Cl)cc(-n4nc(C#N)c(=O)[nH]c4=O)cc3Cl)ccc2=O)cc1.Cc1ccc(Cn2cc(Oc3c(Cl)cc(N)cc3Cl)ccc2=O)cc1. The van der Waals surface area contributed by atoms with Gasteiger partial charge in [0.05, 0.1) is 119 Å². The number of nitrogens with one attached hydrogen (secondary N) is 4. The quantitative estimate of drug-likeness (QED) is 0.0201. The number of carbonyl (C=O) groups excluding carboxylic acids is 2. The average Bonchev–Trinajstić information content (AvgIpc) is 1.41. The van der Waals surface area contributed by atoms with Gasteiger partial charge in [-0.15, -0.1) is 5.10 Å². The normalized spacial score (nSPS) is 10.8. The van der Waals surface area contributed by atoms with Crippen molar-refractivity contribution in [3.8, 4) is 86.7 Å². The zero-order chi connectivity index (χ0) is 108. The smallest absolute Gasteiger partial charge is 0.414 e. The third kappa shape index (κ3) is 29.7. The third-order valence-corrected chi connectivity index (χ3v) is 24.7. The number of alkyl carbamates (subject to hydrolysis) is 1. The molecule has 0 radical (unpaired) electrons. The first-order valence-corrected chi connectivity index (χ1v) is 48.9. The highest BCUT2D eigenvalue weighted by Crippen LogP contribution is 2.44. The molecule has 0 spiro atoms. The molecule has 0 saturated carbocycles. The number of halogens is 10. The molecule has 41 heteroatoms. The summed E-state index contributed by atoms with van der Waals surface area (Å²) in [6.07, 6.45) is 6.84. The molecule has 17 rings (SSSR count). The molecule has 0 aliphatic heterocycles. The number of benzene rings is 9. The van der Waals surface area contributed by atoms with Crippen LogP contribution in [-0.2, 0) is 35.7 Å². The molecule has 8 heterocycles. The molecule has 150 heavy (non-hydrogen) atoms. The molecule has 764 valence electrons. The lowest BCUT2D eigenvalue weighted by Gasteiger charge is -2.15. The second kappa shape index (κ2) is 51.1. The van der Waals surface area contributed by atoms with Crippen LogP contribution in [0.5, 0.6) is 57.5 Å². The number of imide groups is 1. The average molecular weight is 2220 g/mol.